The molecule has 1 aliphatic heterocycles. The molecule has 0 saturated carbocycles. The van der Waals surface area contributed by atoms with Crippen LogP contribution in [0.3, 0.4) is 0 Å². The molecule has 182 valence electrons. The Morgan fingerprint density at radius 1 is 0.917 bits per heavy atom. The normalized spacial score (nSPS) is 14.6. The van der Waals surface area contributed by atoms with Crippen LogP contribution in [0.25, 0.3) is 44.3 Å². The van der Waals surface area contributed by atoms with Gasteiger partial charge >= 0.3 is 0 Å². The Morgan fingerprint density at radius 2 is 1.69 bits per heavy atom. The largest absolute Gasteiger partial charge is 0.454 e. The van der Waals surface area contributed by atoms with E-state index in [2.05, 4.69) is 108 Å². The number of fused-ring (bicyclic) bond motifs is 6. The first kappa shape index (κ1) is 23.2. The van der Waals surface area contributed by atoms with Gasteiger partial charge in [0.05, 0.1) is 0 Å². The molecular formula is C33H35NOSi. The second kappa shape index (κ2) is 7.91. The lowest BCUT2D eigenvalue weighted by atomic mass is 9.82. The van der Waals surface area contributed by atoms with Crippen LogP contribution in [-0.4, -0.2) is 13.1 Å². The molecule has 0 bridgehead atoms. The van der Waals surface area contributed by atoms with E-state index >= 15 is 0 Å². The van der Waals surface area contributed by atoms with Gasteiger partial charge in [-0.15, -0.1) is 0 Å². The van der Waals surface area contributed by atoms with E-state index in [1.807, 2.05) is 6.20 Å². The Balaban J connectivity index is 1.61. The Bertz CT molecular complexity index is 1650. The minimum absolute atomic E-state index is 0.0229. The first-order valence-electron chi connectivity index (χ1n) is 13.1. The number of benzene rings is 3. The molecule has 36 heavy (non-hydrogen) atoms. The van der Waals surface area contributed by atoms with Gasteiger partial charge in [-0.25, -0.2) is 0 Å². The average Bonchev–Trinajstić information content (AvgIpc) is 3.31. The summed E-state index contributed by atoms with van der Waals surface area (Å²) in [5.41, 5.74) is 7.06. The van der Waals surface area contributed by atoms with Crippen molar-refractivity contribution in [2.75, 3.05) is 0 Å². The van der Waals surface area contributed by atoms with Crippen LogP contribution in [0.4, 0.5) is 0 Å². The van der Waals surface area contributed by atoms with Crippen molar-refractivity contribution in [3.63, 3.8) is 0 Å². The van der Waals surface area contributed by atoms with Crippen molar-refractivity contribution >= 4 is 40.2 Å². The number of rotatable bonds is 3. The van der Waals surface area contributed by atoms with Crippen molar-refractivity contribution in [1.82, 2.24) is 4.98 Å². The number of pyridine rings is 1. The van der Waals surface area contributed by atoms with Gasteiger partial charge in [0.2, 0.25) is 0 Å². The number of hydrogen-bond acceptors (Lipinski definition) is 2. The second-order valence-corrected chi connectivity index (χ2v) is 16.7. The lowest BCUT2D eigenvalue weighted by Crippen LogP contribution is -2.49. The number of nitrogens with zero attached hydrogens (tertiary/aromatic N) is 1. The molecule has 3 heteroatoms. The van der Waals surface area contributed by atoms with Gasteiger partial charge in [-0.1, -0.05) is 84.1 Å². The molecule has 0 saturated heterocycles. The maximum Gasteiger partial charge on any atom is 0.160 e. The first-order chi connectivity index (χ1) is 17.1. The van der Waals surface area contributed by atoms with Gasteiger partial charge in [-0.3, -0.25) is 4.98 Å². The summed E-state index contributed by atoms with van der Waals surface area (Å²) in [6.45, 7) is 16.3. The van der Waals surface area contributed by atoms with Gasteiger partial charge in [0.15, 0.2) is 5.58 Å². The maximum absolute atomic E-state index is 6.83. The van der Waals surface area contributed by atoms with Crippen molar-refractivity contribution in [3.8, 4) is 22.6 Å². The van der Waals surface area contributed by atoms with Crippen LogP contribution in [0, 0.1) is 5.92 Å². The summed E-state index contributed by atoms with van der Waals surface area (Å²) in [6, 6.07) is 22.6. The number of hydrogen-bond donors (Lipinski definition) is 0. The van der Waals surface area contributed by atoms with Gasteiger partial charge in [-0.05, 0) is 74.3 Å². The van der Waals surface area contributed by atoms with Gasteiger partial charge in [0.25, 0.3) is 0 Å². The molecular weight excluding hydrogens is 454 g/mol. The Labute approximate surface area is 215 Å². The monoisotopic (exact) mass is 489 g/mol. The maximum atomic E-state index is 6.83. The lowest BCUT2D eigenvalue weighted by molar-refractivity contribution is 0.596. The Hall–Kier alpha value is -3.17. The van der Waals surface area contributed by atoms with E-state index in [0.29, 0.717) is 5.92 Å². The summed E-state index contributed by atoms with van der Waals surface area (Å²) in [4.78, 5) is 4.90. The van der Waals surface area contributed by atoms with Gasteiger partial charge in [-0.2, -0.15) is 0 Å². The van der Waals surface area contributed by atoms with Crippen molar-refractivity contribution < 1.29 is 4.42 Å². The SMILES string of the molecule is CC(C)Cc1ccc2c(c1)-c1oc3c(-c4cc(C(C)(C)C)c5ccccc5c4)nccc3c1[Si]2(C)C. The third kappa shape index (κ3) is 3.48. The van der Waals surface area contributed by atoms with Crippen LogP contribution in [-0.2, 0) is 11.8 Å². The molecule has 5 aromatic rings. The molecule has 2 aromatic heterocycles. The second-order valence-electron chi connectivity index (χ2n) is 12.4. The molecule has 0 atom stereocenters. The zero-order chi connectivity index (χ0) is 25.4. The van der Waals surface area contributed by atoms with Crippen molar-refractivity contribution in [2.24, 2.45) is 5.92 Å². The van der Waals surface area contributed by atoms with Gasteiger partial charge < -0.3 is 4.42 Å². The summed E-state index contributed by atoms with van der Waals surface area (Å²) >= 11 is 0. The minimum Gasteiger partial charge on any atom is -0.454 e. The highest BCUT2D eigenvalue weighted by Gasteiger charge is 2.42. The first-order valence-corrected chi connectivity index (χ1v) is 16.1. The molecule has 6 rings (SSSR count). The molecule has 0 N–H and O–H groups in total. The third-order valence-electron chi connectivity index (χ3n) is 7.82. The average molecular weight is 490 g/mol. The quantitative estimate of drug-likeness (QED) is 0.240. The summed E-state index contributed by atoms with van der Waals surface area (Å²) < 4.78 is 6.83. The zero-order valence-corrected chi connectivity index (χ0v) is 23.5. The van der Waals surface area contributed by atoms with Crippen LogP contribution in [0.2, 0.25) is 13.1 Å². The highest BCUT2D eigenvalue weighted by atomic mass is 28.3. The van der Waals surface area contributed by atoms with Gasteiger partial charge in [0, 0.05) is 22.7 Å². The van der Waals surface area contributed by atoms with E-state index in [1.54, 1.807) is 0 Å². The molecule has 1 aliphatic rings. The van der Waals surface area contributed by atoms with E-state index in [0.717, 1.165) is 29.0 Å². The molecule has 3 aromatic carbocycles. The number of aromatic nitrogens is 1. The lowest BCUT2D eigenvalue weighted by Gasteiger charge is -2.23. The van der Waals surface area contributed by atoms with Crippen LogP contribution < -0.4 is 10.4 Å². The summed E-state index contributed by atoms with van der Waals surface area (Å²) in [6.07, 6.45) is 3.06. The summed E-state index contributed by atoms with van der Waals surface area (Å²) in [5, 5.41) is 6.71. The van der Waals surface area contributed by atoms with E-state index in [9.17, 15) is 0 Å². The van der Waals surface area contributed by atoms with E-state index in [1.165, 1.54) is 43.2 Å². The van der Waals surface area contributed by atoms with Crippen LogP contribution >= 0.6 is 0 Å². The molecule has 0 spiro atoms. The van der Waals surface area contributed by atoms with Crippen molar-refractivity contribution in [1.29, 1.82) is 0 Å². The van der Waals surface area contributed by atoms with Gasteiger partial charge in [0.1, 0.15) is 19.5 Å². The molecule has 3 heterocycles. The van der Waals surface area contributed by atoms with Crippen LogP contribution in [0.15, 0.2) is 71.3 Å². The molecule has 0 radical (unpaired) electrons. The zero-order valence-electron chi connectivity index (χ0n) is 22.5. The van der Waals surface area contributed by atoms with E-state index < -0.39 is 8.07 Å². The van der Waals surface area contributed by atoms with Crippen molar-refractivity contribution in [3.05, 3.63) is 78.0 Å². The predicted octanol–water partition coefficient (Wildman–Crippen LogP) is 7.95. The topological polar surface area (TPSA) is 26.0 Å². The molecule has 0 fully saturated rings. The minimum atomic E-state index is -1.89. The van der Waals surface area contributed by atoms with Crippen LogP contribution in [0.5, 0.6) is 0 Å². The van der Waals surface area contributed by atoms with Crippen LogP contribution in [0.1, 0.15) is 45.7 Å². The smallest absolute Gasteiger partial charge is 0.160 e. The highest BCUT2D eigenvalue weighted by molar-refractivity contribution is 7.05. The fraction of sp³-hybridized carbons (Fsp3) is 0.303. The number of furan rings is 1. The molecule has 2 nitrogen and oxygen atoms in total. The standard InChI is InChI=1S/C33H35NOSi/c1-20(2)16-21-12-13-28-26(17-21)31-32(36(28,6)7)25-14-15-34-29(30(25)35-31)23-18-22-10-8-9-11-24(22)27(19-23)33(3,4)5/h8-15,17-20H,16H2,1-7H3. The Morgan fingerprint density at radius 3 is 2.44 bits per heavy atom. The fourth-order valence-electron chi connectivity index (χ4n) is 6.16. The highest BCUT2D eigenvalue weighted by Crippen LogP contribution is 2.40. The molecule has 0 aliphatic carbocycles. The van der Waals surface area contributed by atoms with Crippen molar-refractivity contribution in [2.45, 2.75) is 59.5 Å². The molecule has 0 unspecified atom stereocenters. The molecule has 0 amide bonds. The summed E-state index contributed by atoms with van der Waals surface area (Å²) in [7, 11) is -1.89. The summed E-state index contributed by atoms with van der Waals surface area (Å²) in [5.74, 6) is 1.71. The van der Waals surface area contributed by atoms with E-state index in [4.69, 9.17) is 9.40 Å². The fourth-order valence-corrected chi connectivity index (χ4v) is 9.42. The Kier molecular flexibility index (Phi) is 5.11. The predicted molar refractivity (Wildman–Crippen MR) is 156 cm³/mol. The van der Waals surface area contributed by atoms with E-state index in [-0.39, 0.29) is 5.41 Å². The third-order valence-corrected chi connectivity index (χ3v) is 11.3.